The van der Waals surface area contributed by atoms with Gasteiger partial charge in [0.1, 0.15) is 5.69 Å². The number of nitrogens with one attached hydrogen (secondary N) is 3. The molecule has 1 saturated carbocycles. The lowest BCUT2D eigenvalue weighted by atomic mass is 9.56. The van der Waals surface area contributed by atoms with Crippen LogP contribution >= 0.6 is 0 Å². The Morgan fingerprint density at radius 3 is 2.50 bits per heavy atom. The molecule has 0 unspecified atom stereocenters. The van der Waals surface area contributed by atoms with Gasteiger partial charge >= 0.3 is 12.2 Å². The van der Waals surface area contributed by atoms with E-state index in [0.717, 1.165) is 0 Å². The molecule has 2 atom stereocenters. The molecule has 0 bridgehead atoms. The fourth-order valence-corrected chi connectivity index (χ4v) is 2.78. The number of carbonyl (C=O) groups is 1. The molecule has 1 aromatic heterocycles. The molecule has 0 spiro atoms. The molecule has 1 heterocycles. The first-order valence-electron chi connectivity index (χ1n) is 7.33. The van der Waals surface area contributed by atoms with E-state index in [2.05, 4.69) is 10.6 Å². The van der Waals surface area contributed by atoms with Crippen molar-refractivity contribution in [2.24, 2.45) is 5.41 Å². The molecule has 134 valence electrons. The average Bonchev–Trinajstić information content (AvgIpc) is 2.47. The van der Waals surface area contributed by atoms with Crippen LogP contribution in [-0.2, 0) is 10.9 Å². The van der Waals surface area contributed by atoms with Gasteiger partial charge in [-0.25, -0.2) is 4.79 Å². The Labute approximate surface area is 136 Å². The summed E-state index contributed by atoms with van der Waals surface area (Å²) in [6.07, 6.45) is -3.50. The van der Waals surface area contributed by atoms with E-state index in [0.29, 0.717) is 18.7 Å². The van der Waals surface area contributed by atoms with Crippen LogP contribution in [0.25, 0.3) is 0 Å². The van der Waals surface area contributed by atoms with E-state index in [-0.39, 0.29) is 11.5 Å². The van der Waals surface area contributed by atoms with E-state index >= 15 is 0 Å². The summed E-state index contributed by atoms with van der Waals surface area (Å²) in [4.78, 5) is 25.6. The number of H-pyrrole nitrogens is 1. The number of anilines is 1. The SMILES string of the molecule is CO[C@@]1(C)C[C@H](NC(=O)Nc2cc(C(F)(F)F)c[nH]c2=O)C1(C)C. The molecule has 6 nitrogen and oxygen atoms in total. The van der Waals surface area contributed by atoms with E-state index in [1.807, 2.05) is 25.8 Å². The third kappa shape index (κ3) is 3.12. The topological polar surface area (TPSA) is 83.2 Å². The van der Waals surface area contributed by atoms with Gasteiger partial charge in [0, 0.05) is 24.8 Å². The molecule has 2 amide bonds. The number of methoxy groups -OCH3 is 1. The van der Waals surface area contributed by atoms with Gasteiger partial charge in [-0.05, 0) is 19.4 Å². The first-order chi connectivity index (χ1) is 10.9. The summed E-state index contributed by atoms with van der Waals surface area (Å²) in [5.74, 6) is 0. The van der Waals surface area contributed by atoms with Crippen molar-refractivity contribution in [3.63, 3.8) is 0 Å². The van der Waals surface area contributed by atoms with Gasteiger partial charge in [-0.15, -0.1) is 0 Å². The molecule has 0 aliphatic heterocycles. The van der Waals surface area contributed by atoms with Gasteiger partial charge in [-0.1, -0.05) is 13.8 Å². The smallest absolute Gasteiger partial charge is 0.378 e. The molecule has 9 heteroatoms. The highest BCUT2D eigenvalue weighted by atomic mass is 19.4. The van der Waals surface area contributed by atoms with Crippen molar-refractivity contribution in [3.8, 4) is 0 Å². The Morgan fingerprint density at radius 2 is 2.00 bits per heavy atom. The number of pyridine rings is 1. The summed E-state index contributed by atoms with van der Waals surface area (Å²) < 4.78 is 43.5. The van der Waals surface area contributed by atoms with E-state index in [1.54, 1.807) is 7.11 Å². The normalized spacial score (nSPS) is 25.7. The quantitative estimate of drug-likeness (QED) is 0.786. The number of carbonyl (C=O) groups excluding carboxylic acids is 1. The molecule has 2 rings (SSSR count). The number of urea groups is 1. The second-order valence-electron chi connectivity index (χ2n) is 6.64. The number of ether oxygens (including phenoxy) is 1. The van der Waals surface area contributed by atoms with E-state index in [1.165, 1.54) is 0 Å². The van der Waals surface area contributed by atoms with Gasteiger partial charge in [-0.3, -0.25) is 4.79 Å². The van der Waals surface area contributed by atoms with Crippen LogP contribution in [0.15, 0.2) is 17.1 Å². The first kappa shape index (κ1) is 18.3. The predicted octanol–water partition coefficient (Wildman–Crippen LogP) is 2.72. The fraction of sp³-hybridized carbons (Fsp3) is 0.600. The maximum atomic E-state index is 12.7. The van der Waals surface area contributed by atoms with Crippen molar-refractivity contribution in [1.29, 1.82) is 0 Å². The van der Waals surface area contributed by atoms with Gasteiger partial charge in [0.15, 0.2) is 0 Å². The third-order valence-electron chi connectivity index (χ3n) is 5.06. The Morgan fingerprint density at radius 1 is 1.38 bits per heavy atom. The molecule has 1 aromatic rings. The molecule has 1 aliphatic rings. The number of alkyl halides is 3. The van der Waals surface area contributed by atoms with E-state index in [4.69, 9.17) is 4.74 Å². The van der Waals surface area contributed by atoms with Crippen molar-refractivity contribution in [3.05, 3.63) is 28.2 Å². The molecule has 3 N–H and O–H groups in total. The van der Waals surface area contributed by atoms with Crippen molar-refractivity contribution in [1.82, 2.24) is 10.3 Å². The molecular weight excluding hydrogens is 327 g/mol. The fourth-order valence-electron chi connectivity index (χ4n) is 2.78. The first-order valence-corrected chi connectivity index (χ1v) is 7.33. The molecule has 1 fully saturated rings. The maximum absolute atomic E-state index is 12.7. The molecule has 0 saturated heterocycles. The molecule has 24 heavy (non-hydrogen) atoms. The van der Waals surface area contributed by atoms with E-state index in [9.17, 15) is 22.8 Å². The minimum Gasteiger partial charge on any atom is -0.378 e. The van der Waals surface area contributed by atoms with Crippen LogP contribution in [0.4, 0.5) is 23.7 Å². The molecule has 0 aromatic carbocycles. The predicted molar refractivity (Wildman–Crippen MR) is 81.8 cm³/mol. The summed E-state index contributed by atoms with van der Waals surface area (Å²) in [5.41, 5.74) is -3.09. The summed E-state index contributed by atoms with van der Waals surface area (Å²) in [7, 11) is 1.58. The van der Waals surface area contributed by atoms with E-state index < -0.39 is 34.6 Å². The minimum absolute atomic E-state index is 0.229. The lowest BCUT2D eigenvalue weighted by Gasteiger charge is -2.59. The number of aromatic nitrogens is 1. The Bertz CT molecular complexity index is 699. The van der Waals surface area contributed by atoms with Crippen LogP contribution in [0.5, 0.6) is 0 Å². The monoisotopic (exact) mass is 347 g/mol. The lowest BCUT2D eigenvalue weighted by molar-refractivity contribution is -0.177. The van der Waals surface area contributed by atoms with Gasteiger partial charge in [0.05, 0.1) is 11.2 Å². The maximum Gasteiger partial charge on any atom is 0.417 e. The van der Waals surface area contributed by atoms with Crippen molar-refractivity contribution >= 4 is 11.7 Å². The lowest BCUT2D eigenvalue weighted by Crippen LogP contribution is -2.69. The second kappa shape index (κ2) is 5.80. The van der Waals surface area contributed by atoms with Crippen LogP contribution in [0.2, 0.25) is 0 Å². The number of hydrogen-bond donors (Lipinski definition) is 3. The standard InChI is InChI=1S/C15H20F3N3O3/c1-13(2)10(6-14(13,3)24-4)21-12(23)20-9-5-8(15(16,17)18)7-19-11(9)22/h5,7,10H,6H2,1-4H3,(H,19,22)(H2,20,21,23)/t10-,14-/m0/s1. The minimum atomic E-state index is -4.62. The zero-order valence-corrected chi connectivity index (χ0v) is 13.8. The number of amides is 2. The number of rotatable bonds is 3. The van der Waals surface area contributed by atoms with Crippen LogP contribution in [-0.4, -0.2) is 29.8 Å². The molecular formula is C15H20F3N3O3. The number of hydrogen-bond acceptors (Lipinski definition) is 3. The second-order valence-corrected chi connectivity index (χ2v) is 6.64. The Hall–Kier alpha value is -2.03. The van der Waals surface area contributed by atoms with Gasteiger partial charge in [0.25, 0.3) is 5.56 Å². The summed E-state index contributed by atoms with van der Waals surface area (Å²) in [5, 5.41) is 4.84. The zero-order chi connectivity index (χ0) is 18.3. The van der Waals surface area contributed by atoms with Gasteiger partial charge in [0.2, 0.25) is 0 Å². The summed E-state index contributed by atoms with van der Waals surface area (Å²) >= 11 is 0. The number of halogens is 3. The third-order valence-corrected chi connectivity index (χ3v) is 5.06. The van der Waals surface area contributed by atoms with Crippen molar-refractivity contribution < 1.29 is 22.7 Å². The number of aromatic amines is 1. The zero-order valence-electron chi connectivity index (χ0n) is 13.8. The Balaban J connectivity index is 2.08. The highest BCUT2D eigenvalue weighted by Gasteiger charge is 2.58. The van der Waals surface area contributed by atoms with Crippen LogP contribution in [0, 0.1) is 5.41 Å². The molecule has 0 radical (unpaired) electrons. The van der Waals surface area contributed by atoms with Gasteiger partial charge in [-0.2, -0.15) is 13.2 Å². The van der Waals surface area contributed by atoms with Crippen molar-refractivity contribution in [2.75, 3.05) is 12.4 Å². The summed E-state index contributed by atoms with van der Waals surface area (Å²) in [6, 6.07) is -0.368. The van der Waals surface area contributed by atoms with Gasteiger partial charge < -0.3 is 20.4 Å². The largest absolute Gasteiger partial charge is 0.417 e. The van der Waals surface area contributed by atoms with Crippen molar-refractivity contribution in [2.45, 2.75) is 45.0 Å². The average molecular weight is 347 g/mol. The van der Waals surface area contributed by atoms with Crippen LogP contribution in [0.3, 0.4) is 0 Å². The van der Waals surface area contributed by atoms with Crippen LogP contribution in [0.1, 0.15) is 32.8 Å². The highest BCUT2D eigenvalue weighted by molar-refractivity contribution is 5.89. The highest BCUT2D eigenvalue weighted by Crippen LogP contribution is 2.51. The summed E-state index contributed by atoms with van der Waals surface area (Å²) in [6.45, 7) is 5.75. The Kier molecular flexibility index (Phi) is 4.43. The molecule has 1 aliphatic carbocycles. The van der Waals surface area contributed by atoms with Crippen LogP contribution < -0.4 is 16.2 Å².